The van der Waals surface area contributed by atoms with Crippen LogP contribution in [0.1, 0.15) is 29.6 Å². The second kappa shape index (κ2) is 6.64. The van der Waals surface area contributed by atoms with Gasteiger partial charge in [0.2, 0.25) is 5.91 Å². The fourth-order valence-electron chi connectivity index (χ4n) is 2.70. The van der Waals surface area contributed by atoms with Crippen LogP contribution in [0, 0.1) is 11.8 Å². The molecule has 0 saturated heterocycles. The number of carbonyl (C=O) groups excluding carboxylic acids is 1. The van der Waals surface area contributed by atoms with Crippen LogP contribution in [0.25, 0.3) is 0 Å². The van der Waals surface area contributed by atoms with Crippen LogP contribution in [0.4, 0.5) is 5.69 Å². The van der Waals surface area contributed by atoms with Crippen molar-refractivity contribution >= 4 is 40.8 Å². The van der Waals surface area contributed by atoms with E-state index in [1.54, 1.807) is 0 Å². The smallest absolute Gasteiger partial charge is 0.335 e. The van der Waals surface area contributed by atoms with Crippen LogP contribution in [-0.2, 0) is 4.79 Å². The quantitative estimate of drug-likeness (QED) is 0.791. The number of nitrogens with one attached hydrogen (secondary N) is 1. The van der Waals surface area contributed by atoms with Gasteiger partial charge < -0.3 is 16.2 Å². The molecule has 1 fully saturated rings. The molecule has 0 bridgehead atoms. The molecule has 4 N–H and O–H groups in total. The van der Waals surface area contributed by atoms with Gasteiger partial charge in [0.1, 0.15) is 0 Å². The Hall–Kier alpha value is -1.30. The minimum atomic E-state index is -1.13. The maximum absolute atomic E-state index is 12.3. The summed E-state index contributed by atoms with van der Waals surface area (Å²) in [4.78, 5) is 23.2. The first-order valence-corrected chi connectivity index (χ1v) is 7.43. The standard InChI is InChI=1S/C14H16Cl2N2O3/c15-10-4-8(14(20)21)5-11(16)12(10)18-13(19)9-3-1-2-7(9)6-17/h4-5,7,9H,1-3,6,17H2,(H,18,19)(H,20,21). The number of benzene rings is 1. The molecule has 1 aromatic carbocycles. The van der Waals surface area contributed by atoms with Crippen LogP contribution in [0.3, 0.4) is 0 Å². The van der Waals surface area contributed by atoms with E-state index >= 15 is 0 Å². The Bertz CT molecular complexity index is 554. The summed E-state index contributed by atoms with van der Waals surface area (Å²) in [6.45, 7) is 0.470. The number of amides is 1. The van der Waals surface area contributed by atoms with Gasteiger partial charge in [0.05, 0.1) is 21.3 Å². The maximum atomic E-state index is 12.3. The predicted molar refractivity (Wildman–Crippen MR) is 81.9 cm³/mol. The molecule has 0 radical (unpaired) electrons. The Balaban J connectivity index is 2.20. The molecule has 2 unspecified atom stereocenters. The number of halogens is 2. The van der Waals surface area contributed by atoms with Crippen molar-refractivity contribution in [2.24, 2.45) is 17.6 Å². The molecule has 2 rings (SSSR count). The highest BCUT2D eigenvalue weighted by atomic mass is 35.5. The molecule has 21 heavy (non-hydrogen) atoms. The molecule has 1 saturated carbocycles. The van der Waals surface area contributed by atoms with Gasteiger partial charge in [-0.15, -0.1) is 0 Å². The second-order valence-electron chi connectivity index (χ2n) is 5.14. The molecule has 1 amide bonds. The molecular formula is C14H16Cl2N2O3. The molecule has 1 aromatic rings. The van der Waals surface area contributed by atoms with Gasteiger partial charge in [0, 0.05) is 5.92 Å². The third-order valence-corrected chi connectivity index (χ3v) is 4.43. The average Bonchev–Trinajstić information content (AvgIpc) is 2.90. The molecule has 0 aromatic heterocycles. The highest BCUT2D eigenvalue weighted by molar-refractivity contribution is 6.40. The molecule has 1 aliphatic carbocycles. The van der Waals surface area contributed by atoms with Crippen molar-refractivity contribution in [3.8, 4) is 0 Å². The Morgan fingerprint density at radius 1 is 1.29 bits per heavy atom. The largest absolute Gasteiger partial charge is 0.478 e. The number of aromatic carboxylic acids is 1. The van der Waals surface area contributed by atoms with Gasteiger partial charge >= 0.3 is 5.97 Å². The lowest BCUT2D eigenvalue weighted by atomic mass is 9.95. The summed E-state index contributed by atoms with van der Waals surface area (Å²) in [5, 5.41) is 11.8. The summed E-state index contributed by atoms with van der Waals surface area (Å²) in [5.74, 6) is -1.28. The van der Waals surface area contributed by atoms with Crippen LogP contribution in [0.5, 0.6) is 0 Å². The van der Waals surface area contributed by atoms with Gasteiger partial charge in [-0.1, -0.05) is 29.6 Å². The predicted octanol–water partition coefficient (Wildman–Crippen LogP) is 3.01. The fourth-order valence-corrected chi connectivity index (χ4v) is 3.28. The Labute approximate surface area is 132 Å². The molecule has 0 aliphatic heterocycles. The summed E-state index contributed by atoms with van der Waals surface area (Å²) >= 11 is 12.0. The Kier molecular flexibility index (Phi) is 5.08. The molecule has 2 atom stereocenters. The highest BCUT2D eigenvalue weighted by Gasteiger charge is 2.32. The first-order chi connectivity index (χ1) is 9.93. The first-order valence-electron chi connectivity index (χ1n) is 6.67. The van der Waals surface area contributed by atoms with Crippen molar-refractivity contribution in [3.63, 3.8) is 0 Å². The first kappa shape index (κ1) is 16.1. The second-order valence-corrected chi connectivity index (χ2v) is 5.96. The summed E-state index contributed by atoms with van der Waals surface area (Å²) in [6.07, 6.45) is 2.70. The summed E-state index contributed by atoms with van der Waals surface area (Å²) in [6, 6.07) is 2.53. The van der Waals surface area contributed by atoms with Crippen LogP contribution in [0.15, 0.2) is 12.1 Å². The zero-order valence-electron chi connectivity index (χ0n) is 11.2. The third kappa shape index (κ3) is 3.48. The number of anilines is 1. The van der Waals surface area contributed by atoms with E-state index in [4.69, 9.17) is 34.0 Å². The van der Waals surface area contributed by atoms with E-state index in [1.165, 1.54) is 12.1 Å². The number of nitrogens with two attached hydrogens (primary N) is 1. The fraction of sp³-hybridized carbons (Fsp3) is 0.429. The topological polar surface area (TPSA) is 92.4 Å². The van der Waals surface area contributed by atoms with Crippen molar-refractivity contribution in [3.05, 3.63) is 27.7 Å². The van der Waals surface area contributed by atoms with E-state index in [0.717, 1.165) is 19.3 Å². The van der Waals surface area contributed by atoms with Gasteiger partial charge in [0.15, 0.2) is 0 Å². The number of hydrogen-bond donors (Lipinski definition) is 3. The minimum absolute atomic E-state index is 0.0244. The van der Waals surface area contributed by atoms with Crippen LogP contribution in [-0.4, -0.2) is 23.5 Å². The van der Waals surface area contributed by atoms with Gasteiger partial charge in [0.25, 0.3) is 0 Å². The number of carboxylic acids is 1. The van der Waals surface area contributed by atoms with E-state index < -0.39 is 5.97 Å². The summed E-state index contributed by atoms with van der Waals surface area (Å²) in [5.41, 5.74) is 5.89. The summed E-state index contributed by atoms with van der Waals surface area (Å²) < 4.78 is 0. The molecule has 0 spiro atoms. The molecule has 0 heterocycles. The van der Waals surface area contributed by atoms with E-state index in [-0.39, 0.29) is 39.0 Å². The van der Waals surface area contributed by atoms with Crippen molar-refractivity contribution < 1.29 is 14.7 Å². The minimum Gasteiger partial charge on any atom is -0.478 e. The summed E-state index contributed by atoms with van der Waals surface area (Å²) in [7, 11) is 0. The van der Waals surface area contributed by atoms with Gasteiger partial charge in [-0.2, -0.15) is 0 Å². The van der Waals surface area contributed by atoms with Crippen LogP contribution >= 0.6 is 23.2 Å². The van der Waals surface area contributed by atoms with Crippen LogP contribution < -0.4 is 11.1 Å². The van der Waals surface area contributed by atoms with Crippen molar-refractivity contribution in [1.29, 1.82) is 0 Å². The molecule has 114 valence electrons. The zero-order valence-corrected chi connectivity index (χ0v) is 12.7. The van der Waals surface area contributed by atoms with Crippen LogP contribution in [0.2, 0.25) is 10.0 Å². The normalized spacial score (nSPS) is 21.3. The Morgan fingerprint density at radius 2 is 1.90 bits per heavy atom. The van der Waals surface area contributed by atoms with Crippen molar-refractivity contribution in [2.45, 2.75) is 19.3 Å². The van der Waals surface area contributed by atoms with Crippen molar-refractivity contribution in [2.75, 3.05) is 11.9 Å². The maximum Gasteiger partial charge on any atom is 0.335 e. The molecule has 1 aliphatic rings. The lowest BCUT2D eigenvalue weighted by Crippen LogP contribution is -2.30. The Morgan fingerprint density at radius 3 is 2.43 bits per heavy atom. The number of hydrogen-bond acceptors (Lipinski definition) is 3. The lowest BCUT2D eigenvalue weighted by Gasteiger charge is -2.18. The average molecular weight is 331 g/mol. The van der Waals surface area contributed by atoms with E-state index in [0.29, 0.717) is 6.54 Å². The van der Waals surface area contributed by atoms with Gasteiger partial charge in [-0.05, 0) is 37.4 Å². The zero-order chi connectivity index (χ0) is 15.6. The van der Waals surface area contributed by atoms with E-state index in [1.807, 2.05) is 0 Å². The molecule has 7 heteroatoms. The molecular weight excluding hydrogens is 315 g/mol. The molecule has 5 nitrogen and oxygen atoms in total. The van der Waals surface area contributed by atoms with E-state index in [2.05, 4.69) is 5.32 Å². The SMILES string of the molecule is NCC1CCCC1C(=O)Nc1c(Cl)cc(C(=O)O)cc1Cl. The van der Waals surface area contributed by atoms with Gasteiger partial charge in [-0.25, -0.2) is 4.79 Å². The van der Waals surface area contributed by atoms with Crippen molar-refractivity contribution in [1.82, 2.24) is 0 Å². The lowest BCUT2D eigenvalue weighted by molar-refractivity contribution is -0.120. The number of carboxylic acid groups (broad SMARTS) is 1. The number of carbonyl (C=O) groups is 2. The van der Waals surface area contributed by atoms with E-state index in [9.17, 15) is 9.59 Å². The number of rotatable bonds is 4. The van der Waals surface area contributed by atoms with Gasteiger partial charge in [-0.3, -0.25) is 4.79 Å². The monoisotopic (exact) mass is 330 g/mol. The third-order valence-electron chi connectivity index (χ3n) is 3.84. The highest BCUT2D eigenvalue weighted by Crippen LogP contribution is 2.35.